The van der Waals surface area contributed by atoms with E-state index in [1.807, 2.05) is 0 Å². The van der Waals surface area contributed by atoms with Gasteiger partial charge >= 0.3 is 0 Å². The molecule has 0 bridgehead atoms. The van der Waals surface area contributed by atoms with Gasteiger partial charge in [-0.05, 0) is 42.5 Å². The summed E-state index contributed by atoms with van der Waals surface area (Å²) in [5.41, 5.74) is 2.01. The minimum Gasteiger partial charge on any atom is -0.324 e. The summed E-state index contributed by atoms with van der Waals surface area (Å²) in [6.07, 6.45) is 0. The molecule has 5 nitrogen and oxygen atoms in total. The molecule has 3 aromatic rings. The number of hydrogen-bond donors (Lipinski definition) is 1. The lowest BCUT2D eigenvalue weighted by atomic mass is 10.1. The number of rotatable bonds is 1. The molecule has 1 aromatic heterocycles. The third-order valence-corrected chi connectivity index (χ3v) is 3.80. The van der Waals surface area contributed by atoms with Crippen LogP contribution in [0.4, 0.5) is 10.1 Å². The zero-order valence-electron chi connectivity index (χ0n) is 11.8. The van der Waals surface area contributed by atoms with Crippen molar-refractivity contribution in [3.8, 4) is 22.8 Å². The average Bonchev–Trinajstić information content (AvgIpc) is 2.88. The molecule has 0 atom stereocenters. The highest BCUT2D eigenvalue weighted by Crippen LogP contribution is 2.33. The summed E-state index contributed by atoms with van der Waals surface area (Å²) in [6.45, 7) is 0.0514. The summed E-state index contributed by atoms with van der Waals surface area (Å²) < 4.78 is 14.6. The number of nitrogens with one attached hydrogen (secondary N) is 1. The number of carbonyl (C=O) groups excluding carboxylic acids is 1. The minimum absolute atomic E-state index is 0.0514. The maximum absolute atomic E-state index is 13.1. The second-order valence-corrected chi connectivity index (χ2v) is 5.60. The van der Waals surface area contributed by atoms with E-state index in [0.717, 1.165) is 0 Å². The SMILES string of the molecule is O=C1Cn2nc(-c3ccc(F)cc3)nc2-c2cc(Cl)ccc2N1. The van der Waals surface area contributed by atoms with E-state index >= 15 is 0 Å². The second kappa shape index (κ2) is 5.17. The molecule has 114 valence electrons. The highest BCUT2D eigenvalue weighted by Gasteiger charge is 2.22. The monoisotopic (exact) mass is 328 g/mol. The summed E-state index contributed by atoms with van der Waals surface area (Å²) >= 11 is 6.06. The lowest BCUT2D eigenvalue weighted by molar-refractivity contribution is -0.116. The number of nitrogens with zero attached hydrogens (tertiary/aromatic N) is 3. The van der Waals surface area contributed by atoms with Gasteiger partial charge in [-0.15, -0.1) is 5.10 Å². The third-order valence-electron chi connectivity index (χ3n) is 3.56. The van der Waals surface area contributed by atoms with Gasteiger partial charge in [0.25, 0.3) is 0 Å². The standard InChI is InChI=1S/C16H10ClFN4O/c17-10-3-6-13-12(7-10)16-20-15(9-1-4-11(18)5-2-9)21-22(16)8-14(23)19-13/h1-7H,8H2,(H,19,23). The highest BCUT2D eigenvalue weighted by molar-refractivity contribution is 6.31. The van der Waals surface area contributed by atoms with Gasteiger partial charge in [-0.2, -0.15) is 0 Å². The molecule has 1 aliphatic heterocycles. The first-order valence-electron chi connectivity index (χ1n) is 6.91. The Bertz CT molecular complexity index is 920. The van der Waals surface area contributed by atoms with Crippen LogP contribution in [0.3, 0.4) is 0 Å². The predicted molar refractivity (Wildman–Crippen MR) is 84.5 cm³/mol. The Morgan fingerprint density at radius 3 is 2.74 bits per heavy atom. The summed E-state index contributed by atoms with van der Waals surface area (Å²) in [7, 11) is 0. The van der Waals surface area contributed by atoms with E-state index in [9.17, 15) is 9.18 Å². The van der Waals surface area contributed by atoms with Crippen LogP contribution < -0.4 is 5.32 Å². The lowest BCUT2D eigenvalue weighted by Crippen LogP contribution is -2.17. The fourth-order valence-electron chi connectivity index (χ4n) is 2.51. The fraction of sp³-hybridized carbons (Fsp3) is 0.0625. The molecule has 1 amide bonds. The quantitative estimate of drug-likeness (QED) is 0.745. The van der Waals surface area contributed by atoms with Gasteiger partial charge in [0.1, 0.15) is 12.4 Å². The van der Waals surface area contributed by atoms with E-state index in [1.54, 1.807) is 30.3 Å². The molecule has 7 heteroatoms. The smallest absolute Gasteiger partial charge is 0.246 e. The number of benzene rings is 2. The van der Waals surface area contributed by atoms with Crippen LogP contribution >= 0.6 is 11.6 Å². The van der Waals surface area contributed by atoms with Gasteiger partial charge < -0.3 is 5.32 Å². The van der Waals surface area contributed by atoms with Crippen LogP contribution in [-0.2, 0) is 11.3 Å². The Labute approximate surface area is 135 Å². The molecule has 0 saturated carbocycles. The largest absolute Gasteiger partial charge is 0.324 e. The lowest BCUT2D eigenvalue weighted by Gasteiger charge is -2.05. The second-order valence-electron chi connectivity index (χ2n) is 5.16. The highest BCUT2D eigenvalue weighted by atomic mass is 35.5. The molecule has 0 saturated heterocycles. The van der Waals surface area contributed by atoms with Crippen molar-refractivity contribution >= 4 is 23.2 Å². The van der Waals surface area contributed by atoms with Gasteiger partial charge in [0.15, 0.2) is 11.6 Å². The van der Waals surface area contributed by atoms with Gasteiger partial charge in [0.2, 0.25) is 5.91 Å². The van der Waals surface area contributed by atoms with Crippen molar-refractivity contribution in [2.75, 3.05) is 5.32 Å². The average molecular weight is 329 g/mol. The number of halogens is 2. The summed E-state index contributed by atoms with van der Waals surface area (Å²) in [5, 5.41) is 7.71. The molecule has 0 aliphatic carbocycles. The number of hydrogen-bond acceptors (Lipinski definition) is 3. The van der Waals surface area contributed by atoms with Crippen molar-refractivity contribution in [3.63, 3.8) is 0 Å². The van der Waals surface area contributed by atoms with Crippen molar-refractivity contribution in [1.82, 2.24) is 14.8 Å². The van der Waals surface area contributed by atoms with Gasteiger partial charge in [0.05, 0.1) is 5.69 Å². The van der Waals surface area contributed by atoms with Crippen LogP contribution in [0.15, 0.2) is 42.5 Å². The van der Waals surface area contributed by atoms with Crippen LogP contribution in [0.5, 0.6) is 0 Å². The summed E-state index contributed by atoms with van der Waals surface area (Å²) in [6, 6.07) is 11.1. The molecule has 0 unspecified atom stereocenters. The predicted octanol–water partition coefficient (Wildman–Crippen LogP) is 3.36. The Balaban J connectivity index is 1.89. The first-order valence-corrected chi connectivity index (χ1v) is 7.28. The van der Waals surface area contributed by atoms with E-state index in [-0.39, 0.29) is 18.3 Å². The molecule has 2 heterocycles. The third kappa shape index (κ3) is 2.47. The molecular weight excluding hydrogens is 319 g/mol. The molecular formula is C16H10ClFN4O. The van der Waals surface area contributed by atoms with Crippen molar-refractivity contribution in [1.29, 1.82) is 0 Å². The normalized spacial score (nSPS) is 13.0. The van der Waals surface area contributed by atoms with Crippen molar-refractivity contribution in [2.24, 2.45) is 0 Å². The number of carbonyl (C=O) groups is 1. The molecule has 1 aliphatic rings. The topological polar surface area (TPSA) is 59.8 Å². The van der Waals surface area contributed by atoms with Crippen LogP contribution in [0, 0.1) is 5.82 Å². The Hall–Kier alpha value is -2.73. The number of fused-ring (bicyclic) bond motifs is 3. The molecule has 23 heavy (non-hydrogen) atoms. The summed E-state index contributed by atoms with van der Waals surface area (Å²) in [4.78, 5) is 16.5. The maximum Gasteiger partial charge on any atom is 0.246 e. The van der Waals surface area contributed by atoms with Gasteiger partial charge in [-0.1, -0.05) is 11.6 Å². The zero-order chi connectivity index (χ0) is 16.0. The Morgan fingerprint density at radius 1 is 1.17 bits per heavy atom. The van der Waals surface area contributed by atoms with Crippen LogP contribution in [0.1, 0.15) is 0 Å². The minimum atomic E-state index is -0.328. The molecule has 2 aromatic carbocycles. The first-order chi connectivity index (χ1) is 11.1. The van der Waals surface area contributed by atoms with Crippen molar-refractivity contribution in [2.45, 2.75) is 6.54 Å². The molecule has 0 radical (unpaired) electrons. The van der Waals surface area contributed by atoms with E-state index in [1.165, 1.54) is 16.8 Å². The summed E-state index contributed by atoms with van der Waals surface area (Å²) in [5.74, 6) is 0.453. The van der Waals surface area contributed by atoms with Crippen LogP contribution in [0.2, 0.25) is 5.02 Å². The number of amides is 1. The molecule has 0 spiro atoms. The van der Waals surface area contributed by atoms with Crippen LogP contribution in [-0.4, -0.2) is 20.7 Å². The maximum atomic E-state index is 13.1. The van der Waals surface area contributed by atoms with E-state index in [0.29, 0.717) is 33.5 Å². The fourth-order valence-corrected chi connectivity index (χ4v) is 2.68. The van der Waals surface area contributed by atoms with Crippen LogP contribution in [0.25, 0.3) is 22.8 Å². The van der Waals surface area contributed by atoms with Crippen molar-refractivity contribution in [3.05, 3.63) is 53.3 Å². The molecule has 4 rings (SSSR count). The molecule has 1 N–H and O–H groups in total. The van der Waals surface area contributed by atoms with Gasteiger partial charge in [-0.3, -0.25) is 4.79 Å². The first kappa shape index (κ1) is 13.9. The van der Waals surface area contributed by atoms with Gasteiger partial charge in [0, 0.05) is 16.1 Å². The van der Waals surface area contributed by atoms with E-state index in [2.05, 4.69) is 15.4 Å². The zero-order valence-corrected chi connectivity index (χ0v) is 12.5. The number of aromatic nitrogens is 3. The Kier molecular flexibility index (Phi) is 3.12. The molecule has 0 fully saturated rings. The van der Waals surface area contributed by atoms with Crippen molar-refractivity contribution < 1.29 is 9.18 Å². The van der Waals surface area contributed by atoms with Gasteiger partial charge in [-0.25, -0.2) is 14.1 Å². The van der Waals surface area contributed by atoms with E-state index in [4.69, 9.17) is 11.6 Å². The Morgan fingerprint density at radius 2 is 1.96 bits per heavy atom. The number of anilines is 1. The van der Waals surface area contributed by atoms with E-state index < -0.39 is 0 Å².